The largest absolute Gasteiger partial charge is 0.394 e. The molecule has 1 saturated heterocycles. The summed E-state index contributed by atoms with van der Waals surface area (Å²) in [7, 11) is 2.19. The van der Waals surface area contributed by atoms with Crippen LogP contribution in [-0.2, 0) is 0 Å². The number of aliphatic hydroxyl groups excluding tert-OH is 1. The highest BCUT2D eigenvalue weighted by Crippen LogP contribution is 2.15. The maximum Gasteiger partial charge on any atom is 0.0608 e. The first-order chi connectivity index (χ1) is 7.35. The molecule has 1 fully saturated rings. The third kappa shape index (κ3) is 3.70. The van der Waals surface area contributed by atoms with E-state index in [-0.39, 0.29) is 6.61 Å². The van der Waals surface area contributed by atoms with Crippen molar-refractivity contribution >= 4 is 0 Å². The first-order valence-corrected chi connectivity index (χ1v) is 6.20. The van der Waals surface area contributed by atoms with Crippen LogP contribution < -0.4 is 5.73 Å². The van der Waals surface area contributed by atoms with Crippen molar-refractivity contribution in [2.24, 2.45) is 5.73 Å². The Kier molecular flexibility index (Phi) is 4.73. The fourth-order valence-electron chi connectivity index (χ4n) is 2.19. The molecule has 0 spiro atoms. The van der Waals surface area contributed by atoms with E-state index in [1.54, 1.807) is 0 Å². The number of nitrogens with zero attached hydrogens (tertiary/aromatic N) is 2. The van der Waals surface area contributed by atoms with E-state index in [0.29, 0.717) is 12.1 Å². The van der Waals surface area contributed by atoms with E-state index < -0.39 is 5.54 Å². The van der Waals surface area contributed by atoms with Crippen LogP contribution in [-0.4, -0.2) is 65.8 Å². The molecule has 3 unspecified atom stereocenters. The number of likely N-dealkylation sites (N-methyl/N-ethyl adjacent to an activating group) is 1. The Labute approximate surface area is 99.4 Å². The molecule has 4 heteroatoms. The maximum absolute atomic E-state index is 9.12. The van der Waals surface area contributed by atoms with Crippen LogP contribution >= 0.6 is 0 Å². The molecule has 0 aromatic rings. The van der Waals surface area contributed by atoms with Gasteiger partial charge in [-0.15, -0.1) is 0 Å². The Morgan fingerprint density at radius 2 is 1.81 bits per heavy atom. The van der Waals surface area contributed by atoms with Gasteiger partial charge in [-0.3, -0.25) is 4.90 Å². The number of rotatable bonds is 4. The summed E-state index contributed by atoms with van der Waals surface area (Å²) in [6, 6.07) is 1.20. The van der Waals surface area contributed by atoms with Crippen molar-refractivity contribution in [3.63, 3.8) is 0 Å². The molecule has 0 amide bonds. The lowest BCUT2D eigenvalue weighted by atomic mass is 9.99. The standard InChI is InChI=1S/C12H27N3O/c1-10-7-15(8-11(2)14(10)4)6-5-12(3,13)9-16/h10-11,16H,5-9,13H2,1-4H3. The molecule has 0 radical (unpaired) electrons. The first-order valence-electron chi connectivity index (χ1n) is 6.20. The summed E-state index contributed by atoms with van der Waals surface area (Å²) in [5.41, 5.74) is 5.51. The second-order valence-corrected chi connectivity index (χ2v) is 5.69. The zero-order chi connectivity index (χ0) is 12.3. The van der Waals surface area contributed by atoms with Gasteiger partial charge in [0, 0.05) is 37.3 Å². The lowest BCUT2D eigenvalue weighted by molar-refractivity contribution is 0.0532. The van der Waals surface area contributed by atoms with Crippen molar-refractivity contribution in [3.8, 4) is 0 Å². The molecular formula is C12H27N3O. The molecule has 16 heavy (non-hydrogen) atoms. The third-order valence-corrected chi connectivity index (χ3v) is 3.80. The molecule has 4 nitrogen and oxygen atoms in total. The van der Waals surface area contributed by atoms with Crippen LogP contribution in [0, 0.1) is 0 Å². The van der Waals surface area contributed by atoms with Crippen molar-refractivity contribution in [1.82, 2.24) is 9.80 Å². The van der Waals surface area contributed by atoms with Crippen molar-refractivity contribution in [1.29, 1.82) is 0 Å². The Morgan fingerprint density at radius 1 is 1.31 bits per heavy atom. The molecule has 0 saturated carbocycles. The van der Waals surface area contributed by atoms with Gasteiger partial charge in [0.05, 0.1) is 6.61 Å². The van der Waals surface area contributed by atoms with Crippen molar-refractivity contribution in [2.45, 2.75) is 44.8 Å². The summed E-state index contributed by atoms with van der Waals surface area (Å²) in [6.45, 7) is 9.68. The van der Waals surface area contributed by atoms with Gasteiger partial charge >= 0.3 is 0 Å². The van der Waals surface area contributed by atoms with E-state index in [2.05, 4.69) is 30.7 Å². The van der Waals surface area contributed by atoms with E-state index in [1.807, 2.05) is 6.92 Å². The molecular weight excluding hydrogens is 202 g/mol. The minimum Gasteiger partial charge on any atom is -0.394 e. The maximum atomic E-state index is 9.12. The monoisotopic (exact) mass is 229 g/mol. The number of hydrogen-bond donors (Lipinski definition) is 2. The Hall–Kier alpha value is -0.160. The minimum atomic E-state index is -0.435. The SMILES string of the molecule is CC1CN(CCC(C)(N)CO)CC(C)N1C. The summed E-state index contributed by atoms with van der Waals surface area (Å²) >= 11 is 0. The van der Waals surface area contributed by atoms with E-state index >= 15 is 0 Å². The molecule has 3 N–H and O–H groups in total. The lowest BCUT2D eigenvalue weighted by Crippen LogP contribution is -2.56. The number of aliphatic hydroxyl groups is 1. The average Bonchev–Trinajstić information content (AvgIpc) is 2.23. The molecule has 0 aliphatic carbocycles. The van der Waals surface area contributed by atoms with Crippen LogP contribution in [0.25, 0.3) is 0 Å². The molecule has 0 aromatic heterocycles. The van der Waals surface area contributed by atoms with Crippen molar-refractivity contribution in [3.05, 3.63) is 0 Å². The van der Waals surface area contributed by atoms with Crippen LogP contribution in [0.1, 0.15) is 27.2 Å². The third-order valence-electron chi connectivity index (χ3n) is 3.80. The van der Waals surface area contributed by atoms with Gasteiger partial charge in [-0.05, 0) is 34.2 Å². The van der Waals surface area contributed by atoms with Crippen LogP contribution in [0.5, 0.6) is 0 Å². The van der Waals surface area contributed by atoms with Gasteiger partial charge in [0.2, 0.25) is 0 Å². The van der Waals surface area contributed by atoms with Gasteiger partial charge in [-0.1, -0.05) is 0 Å². The quantitative estimate of drug-likeness (QED) is 0.718. The Balaban J connectivity index is 2.39. The van der Waals surface area contributed by atoms with Crippen molar-refractivity contribution < 1.29 is 5.11 Å². The smallest absolute Gasteiger partial charge is 0.0608 e. The predicted molar refractivity (Wildman–Crippen MR) is 67.4 cm³/mol. The van der Waals surface area contributed by atoms with E-state index in [9.17, 15) is 0 Å². The molecule has 1 aliphatic heterocycles. The summed E-state index contributed by atoms with van der Waals surface area (Å²) in [4.78, 5) is 4.88. The fraction of sp³-hybridized carbons (Fsp3) is 1.00. The average molecular weight is 229 g/mol. The number of nitrogens with two attached hydrogens (primary N) is 1. The van der Waals surface area contributed by atoms with Gasteiger partial charge in [0.25, 0.3) is 0 Å². The van der Waals surface area contributed by atoms with Gasteiger partial charge < -0.3 is 15.7 Å². The van der Waals surface area contributed by atoms with Gasteiger partial charge in [0.15, 0.2) is 0 Å². The van der Waals surface area contributed by atoms with Gasteiger partial charge in [-0.2, -0.15) is 0 Å². The molecule has 1 rings (SSSR count). The van der Waals surface area contributed by atoms with Gasteiger partial charge in [-0.25, -0.2) is 0 Å². The van der Waals surface area contributed by atoms with Crippen molar-refractivity contribution in [2.75, 3.05) is 33.3 Å². The highest BCUT2D eigenvalue weighted by molar-refractivity contribution is 4.85. The van der Waals surface area contributed by atoms with Gasteiger partial charge in [0.1, 0.15) is 0 Å². The van der Waals surface area contributed by atoms with E-state index in [1.165, 1.54) is 0 Å². The fourth-order valence-corrected chi connectivity index (χ4v) is 2.19. The summed E-state index contributed by atoms with van der Waals surface area (Å²) < 4.78 is 0. The van der Waals surface area contributed by atoms with E-state index in [4.69, 9.17) is 10.8 Å². The van der Waals surface area contributed by atoms with Crippen LogP contribution in [0.15, 0.2) is 0 Å². The topological polar surface area (TPSA) is 52.7 Å². The normalized spacial score (nSPS) is 32.6. The molecule has 0 bridgehead atoms. The summed E-state index contributed by atoms with van der Waals surface area (Å²) in [5, 5.41) is 9.12. The lowest BCUT2D eigenvalue weighted by Gasteiger charge is -2.43. The molecule has 96 valence electrons. The molecule has 0 aromatic carbocycles. The van der Waals surface area contributed by atoms with Crippen LogP contribution in [0.4, 0.5) is 0 Å². The zero-order valence-corrected chi connectivity index (χ0v) is 11.1. The Bertz CT molecular complexity index is 208. The van der Waals surface area contributed by atoms with Crippen LogP contribution in [0.2, 0.25) is 0 Å². The summed E-state index contributed by atoms with van der Waals surface area (Å²) in [6.07, 6.45) is 0.854. The predicted octanol–water partition coefficient (Wildman–Crippen LogP) is 0.111. The Morgan fingerprint density at radius 3 is 2.25 bits per heavy atom. The number of piperazine rings is 1. The highest BCUT2D eigenvalue weighted by Gasteiger charge is 2.27. The second kappa shape index (κ2) is 5.45. The highest BCUT2D eigenvalue weighted by atomic mass is 16.3. The zero-order valence-electron chi connectivity index (χ0n) is 11.1. The first kappa shape index (κ1) is 13.9. The second-order valence-electron chi connectivity index (χ2n) is 5.69. The summed E-state index contributed by atoms with van der Waals surface area (Å²) in [5.74, 6) is 0. The minimum absolute atomic E-state index is 0.0614. The molecule has 1 aliphatic rings. The van der Waals surface area contributed by atoms with E-state index in [0.717, 1.165) is 26.1 Å². The number of hydrogen-bond acceptors (Lipinski definition) is 4. The molecule has 1 heterocycles. The van der Waals surface area contributed by atoms with Crippen LogP contribution in [0.3, 0.4) is 0 Å². The molecule has 3 atom stereocenters.